The van der Waals surface area contributed by atoms with Crippen LogP contribution in [0.5, 0.6) is 0 Å². The molecule has 0 aliphatic carbocycles. The zero-order valence-electron chi connectivity index (χ0n) is 21.2. The Labute approximate surface area is 231 Å². The highest BCUT2D eigenvalue weighted by Gasteiger charge is 2.28. The highest BCUT2D eigenvalue weighted by Crippen LogP contribution is 2.20. The number of amides is 2. The number of benzene rings is 1. The number of nitrogens with one attached hydrogen (secondary N) is 2. The Morgan fingerprint density at radius 3 is 2.53 bits per heavy atom. The molecule has 38 heavy (non-hydrogen) atoms. The van der Waals surface area contributed by atoms with Gasteiger partial charge in [-0.1, -0.05) is 23.2 Å². The van der Waals surface area contributed by atoms with E-state index in [1.54, 1.807) is 32.0 Å². The molecular weight excluding hydrogens is 561 g/mol. The van der Waals surface area contributed by atoms with Gasteiger partial charge in [-0.05, 0) is 54.5 Å². The molecule has 0 aliphatic rings. The molecule has 2 rings (SSSR count). The second-order valence-electron chi connectivity index (χ2n) is 9.13. The number of nitrogens with zero attached hydrogens (tertiary/aromatic N) is 4. The molecule has 1 unspecified atom stereocenters. The van der Waals surface area contributed by atoms with E-state index in [-0.39, 0.29) is 50.1 Å². The third-order valence-electron chi connectivity index (χ3n) is 5.15. The maximum absolute atomic E-state index is 12.6. The van der Waals surface area contributed by atoms with Gasteiger partial charge in [0.05, 0.1) is 36.9 Å². The number of aromatic nitrogens is 4. The quantitative estimate of drug-likeness (QED) is 0.211. The molecule has 0 fully saturated rings. The number of rotatable bonds is 16. The molecule has 0 aliphatic heterocycles. The van der Waals surface area contributed by atoms with Crippen LogP contribution >= 0.6 is 23.2 Å². The van der Waals surface area contributed by atoms with Gasteiger partial charge in [-0.25, -0.2) is 13.1 Å². The van der Waals surface area contributed by atoms with Gasteiger partial charge in [-0.3, -0.25) is 9.59 Å². The van der Waals surface area contributed by atoms with Crippen LogP contribution in [-0.2, 0) is 37.3 Å². The first kappa shape index (κ1) is 31.9. The van der Waals surface area contributed by atoms with Crippen LogP contribution in [0.3, 0.4) is 0 Å². The number of halogens is 2. The molecule has 0 bridgehead atoms. The van der Waals surface area contributed by atoms with Crippen molar-refractivity contribution in [1.82, 2.24) is 30.8 Å². The molecular formula is C22H33Cl2N7O6S. The van der Waals surface area contributed by atoms with Gasteiger partial charge < -0.3 is 26.2 Å². The Morgan fingerprint density at radius 2 is 1.89 bits per heavy atom. The minimum atomic E-state index is -3.41. The van der Waals surface area contributed by atoms with E-state index >= 15 is 0 Å². The maximum atomic E-state index is 12.6. The summed E-state index contributed by atoms with van der Waals surface area (Å²) in [6.45, 7) is 3.03. The summed E-state index contributed by atoms with van der Waals surface area (Å²) in [7, 11) is -3.41. The Kier molecular flexibility index (Phi) is 12.3. The molecule has 0 saturated heterocycles. The van der Waals surface area contributed by atoms with E-state index in [2.05, 4.69) is 26.2 Å². The number of aliphatic hydroxyl groups is 1. The number of sulfone groups is 1. The molecule has 5 N–H and O–H groups in total. The van der Waals surface area contributed by atoms with Crippen molar-refractivity contribution in [2.24, 2.45) is 5.73 Å². The van der Waals surface area contributed by atoms with E-state index < -0.39 is 33.9 Å². The van der Waals surface area contributed by atoms with Crippen LogP contribution in [0, 0.1) is 0 Å². The highest BCUT2D eigenvalue weighted by molar-refractivity contribution is 7.91. The average Bonchev–Trinajstić information content (AvgIpc) is 3.25. The van der Waals surface area contributed by atoms with Crippen LogP contribution in [0.15, 0.2) is 18.2 Å². The molecule has 0 saturated carbocycles. The number of carbonyl (C=O) groups is 2. The monoisotopic (exact) mass is 593 g/mol. The molecule has 1 aromatic carbocycles. The molecule has 1 heterocycles. The summed E-state index contributed by atoms with van der Waals surface area (Å²) in [6, 6.07) is 4.27. The summed E-state index contributed by atoms with van der Waals surface area (Å²) in [5.41, 5.74) is 5.50. The lowest BCUT2D eigenvalue weighted by Crippen LogP contribution is -2.51. The number of nitrogens with two attached hydrogens (primary N) is 1. The van der Waals surface area contributed by atoms with Crippen molar-refractivity contribution in [3.05, 3.63) is 39.6 Å². The summed E-state index contributed by atoms with van der Waals surface area (Å²) < 4.78 is 30.5. The van der Waals surface area contributed by atoms with Crippen LogP contribution in [-0.4, -0.2) is 82.3 Å². The van der Waals surface area contributed by atoms with E-state index in [4.69, 9.17) is 38.8 Å². The summed E-state index contributed by atoms with van der Waals surface area (Å²) in [6.07, 6.45) is 0.441. The first-order valence-electron chi connectivity index (χ1n) is 11.8. The lowest BCUT2D eigenvalue weighted by molar-refractivity contribution is -0.126. The number of hydrogen-bond donors (Lipinski definition) is 4. The number of hydrogen-bond acceptors (Lipinski definition) is 10. The minimum absolute atomic E-state index is 0.00905. The lowest BCUT2D eigenvalue weighted by Gasteiger charge is -2.24. The van der Waals surface area contributed by atoms with Crippen LogP contribution < -0.4 is 16.4 Å². The zero-order chi connectivity index (χ0) is 28.3. The smallest absolute Gasteiger partial charge is 0.240 e. The first-order valence-corrected chi connectivity index (χ1v) is 14.3. The largest absolute Gasteiger partial charge is 0.395 e. The third-order valence-corrected chi connectivity index (χ3v) is 7.22. The molecule has 1 atom stereocenters. The minimum Gasteiger partial charge on any atom is -0.395 e. The van der Waals surface area contributed by atoms with Gasteiger partial charge in [0.15, 0.2) is 15.7 Å². The van der Waals surface area contributed by atoms with Gasteiger partial charge in [0, 0.05) is 29.6 Å². The van der Waals surface area contributed by atoms with E-state index in [1.807, 2.05) is 0 Å². The lowest BCUT2D eigenvalue weighted by atomic mass is 10.1. The van der Waals surface area contributed by atoms with Crippen molar-refractivity contribution in [2.45, 2.75) is 51.4 Å². The zero-order valence-corrected chi connectivity index (χ0v) is 23.5. The fraction of sp³-hybridized carbons (Fsp3) is 0.591. The topological polar surface area (TPSA) is 191 Å². The number of aliphatic hydroxyl groups excluding tert-OH is 1. The predicted octanol–water partition coefficient (Wildman–Crippen LogP) is 0.395. The number of ether oxygens (including phenoxy) is 1. The van der Waals surface area contributed by atoms with Crippen molar-refractivity contribution in [3.8, 4) is 0 Å². The second kappa shape index (κ2) is 14.7. The summed E-state index contributed by atoms with van der Waals surface area (Å²) in [5, 5.41) is 26.7. The Morgan fingerprint density at radius 1 is 1.21 bits per heavy atom. The Bertz CT molecular complexity index is 1170. The first-order chi connectivity index (χ1) is 17.8. The predicted molar refractivity (Wildman–Crippen MR) is 141 cm³/mol. The second-order valence-corrected chi connectivity index (χ2v) is 12.3. The van der Waals surface area contributed by atoms with E-state index in [9.17, 15) is 18.0 Å². The van der Waals surface area contributed by atoms with E-state index in [1.165, 1.54) is 4.68 Å². The number of carbonyl (C=O) groups excluding carboxylic acids is 2. The van der Waals surface area contributed by atoms with E-state index in [0.29, 0.717) is 22.3 Å². The van der Waals surface area contributed by atoms with Gasteiger partial charge >= 0.3 is 0 Å². The molecule has 2 amide bonds. The molecule has 16 heteroatoms. The fourth-order valence-corrected chi connectivity index (χ4v) is 4.67. The van der Waals surface area contributed by atoms with Crippen LogP contribution in [0.2, 0.25) is 10.0 Å². The van der Waals surface area contributed by atoms with E-state index in [0.717, 1.165) is 5.56 Å². The van der Waals surface area contributed by atoms with Crippen molar-refractivity contribution >= 4 is 44.9 Å². The van der Waals surface area contributed by atoms with Gasteiger partial charge in [0.1, 0.15) is 6.04 Å². The van der Waals surface area contributed by atoms with Crippen molar-refractivity contribution in [3.63, 3.8) is 0 Å². The van der Waals surface area contributed by atoms with Crippen LogP contribution in [0.1, 0.15) is 44.1 Å². The van der Waals surface area contributed by atoms with Crippen molar-refractivity contribution in [1.29, 1.82) is 0 Å². The Hall–Kier alpha value is -2.36. The standard InChI is InChI=1S/C22H33Cl2N7O6S/c1-22(2,25)21(34)27-18(14-37-13-15-10-16(23)12-17(24)11-15)20-28-29-30-31(20)6-3-4-19(33)26-5-8-38(35,36)9-7-32/h10-12,18,32H,3-9,13-14,25H2,1-2H3,(H,26,33)(H,27,34). The molecule has 0 radical (unpaired) electrons. The van der Waals surface area contributed by atoms with Gasteiger partial charge in [0.25, 0.3) is 0 Å². The summed E-state index contributed by atoms with van der Waals surface area (Å²) in [4.78, 5) is 24.7. The van der Waals surface area contributed by atoms with Crippen LogP contribution in [0.25, 0.3) is 0 Å². The van der Waals surface area contributed by atoms with Gasteiger partial charge in [-0.2, -0.15) is 0 Å². The number of tetrazole rings is 1. The van der Waals surface area contributed by atoms with Gasteiger partial charge in [0.2, 0.25) is 11.8 Å². The van der Waals surface area contributed by atoms with Crippen molar-refractivity contribution < 1.29 is 27.9 Å². The highest BCUT2D eigenvalue weighted by atomic mass is 35.5. The van der Waals surface area contributed by atoms with Gasteiger partial charge in [-0.15, -0.1) is 5.10 Å². The number of aryl methyl sites for hydroxylation is 1. The third kappa shape index (κ3) is 11.2. The SMILES string of the molecule is CC(C)(N)C(=O)NC(COCc1cc(Cl)cc(Cl)c1)c1nnnn1CCCC(=O)NCCS(=O)(=O)CCO. The molecule has 2 aromatic rings. The van der Waals surface area contributed by atoms with Crippen LogP contribution in [0.4, 0.5) is 0 Å². The molecule has 212 valence electrons. The normalized spacial score (nSPS) is 12.8. The molecule has 13 nitrogen and oxygen atoms in total. The fourth-order valence-electron chi connectivity index (χ4n) is 3.20. The Balaban J connectivity index is 1.98. The summed E-state index contributed by atoms with van der Waals surface area (Å²) >= 11 is 12.1. The summed E-state index contributed by atoms with van der Waals surface area (Å²) in [5.74, 6) is -1.07. The van der Waals surface area contributed by atoms with Crippen molar-refractivity contribution in [2.75, 3.05) is 31.3 Å². The molecule has 1 aromatic heterocycles. The maximum Gasteiger partial charge on any atom is 0.240 e. The average molecular weight is 595 g/mol. The molecule has 0 spiro atoms.